The van der Waals surface area contributed by atoms with Crippen LogP contribution < -0.4 is 0 Å². The monoisotopic (exact) mass is 272 g/mol. The van der Waals surface area contributed by atoms with Gasteiger partial charge in [0.05, 0.1) is 24.4 Å². The minimum atomic E-state index is -1.04. The van der Waals surface area contributed by atoms with E-state index in [1.54, 1.807) is 6.08 Å². The molecular formula is C14H24O5. The highest BCUT2D eigenvalue weighted by atomic mass is 16.7. The van der Waals surface area contributed by atoms with Crippen LogP contribution in [0.3, 0.4) is 0 Å². The molecule has 0 aromatic rings. The molecule has 1 saturated carbocycles. The van der Waals surface area contributed by atoms with Crippen molar-refractivity contribution in [2.24, 2.45) is 11.3 Å². The summed E-state index contributed by atoms with van der Waals surface area (Å²) in [6.45, 7) is 4.21. The Kier molecular flexibility index (Phi) is 4.05. The zero-order chi connectivity index (χ0) is 14.3. The second kappa shape index (κ2) is 5.14. The van der Waals surface area contributed by atoms with Gasteiger partial charge in [-0.1, -0.05) is 25.5 Å². The van der Waals surface area contributed by atoms with E-state index in [2.05, 4.69) is 0 Å². The maximum absolute atomic E-state index is 11.0. The van der Waals surface area contributed by atoms with Crippen LogP contribution in [-0.2, 0) is 9.47 Å². The van der Waals surface area contributed by atoms with E-state index >= 15 is 0 Å². The van der Waals surface area contributed by atoms with Crippen LogP contribution in [0, 0.1) is 11.3 Å². The lowest BCUT2D eigenvalue weighted by atomic mass is 9.65. The first kappa shape index (κ1) is 14.9. The molecule has 0 aliphatic heterocycles. The number of hydrogen-bond acceptors (Lipinski definition) is 5. The van der Waals surface area contributed by atoms with E-state index in [0.29, 0.717) is 12.8 Å². The standard InChI is InChI=1S/C14H24O5/c1-9-4-10-5-11(15)12(16)6-13(10,2)14(9,17)7-19-8-18-3/h5,9,11-12,15-17H,4,6-8H2,1-3H3/t9-,11?,12?,13+,14+/m1/s1. The number of ether oxygens (including phenoxy) is 2. The predicted molar refractivity (Wildman–Crippen MR) is 69.4 cm³/mol. The van der Waals surface area contributed by atoms with Crippen molar-refractivity contribution in [2.75, 3.05) is 20.5 Å². The van der Waals surface area contributed by atoms with Gasteiger partial charge in [0.15, 0.2) is 0 Å². The number of rotatable bonds is 4. The molecule has 2 aliphatic carbocycles. The van der Waals surface area contributed by atoms with Crippen molar-refractivity contribution in [3.05, 3.63) is 11.6 Å². The highest BCUT2D eigenvalue weighted by Crippen LogP contribution is 2.57. The summed E-state index contributed by atoms with van der Waals surface area (Å²) in [5.41, 5.74) is -0.585. The van der Waals surface area contributed by atoms with Crippen LogP contribution in [0.1, 0.15) is 26.7 Å². The maximum atomic E-state index is 11.0. The number of methoxy groups -OCH3 is 1. The first-order valence-electron chi connectivity index (χ1n) is 6.71. The Labute approximate surface area is 113 Å². The van der Waals surface area contributed by atoms with Gasteiger partial charge in [0.2, 0.25) is 0 Å². The molecule has 5 atom stereocenters. The van der Waals surface area contributed by atoms with Gasteiger partial charge in [-0.3, -0.25) is 0 Å². The summed E-state index contributed by atoms with van der Waals surface area (Å²) >= 11 is 0. The third-order valence-corrected chi connectivity index (χ3v) is 4.91. The zero-order valence-corrected chi connectivity index (χ0v) is 11.8. The maximum Gasteiger partial charge on any atom is 0.146 e. The summed E-state index contributed by atoms with van der Waals surface area (Å²) in [4.78, 5) is 0. The molecular weight excluding hydrogens is 248 g/mol. The summed E-state index contributed by atoms with van der Waals surface area (Å²) < 4.78 is 10.2. The molecule has 2 rings (SSSR count). The van der Waals surface area contributed by atoms with Crippen LogP contribution in [0.15, 0.2) is 11.6 Å². The fourth-order valence-electron chi connectivity index (χ4n) is 3.54. The molecule has 0 aromatic carbocycles. The largest absolute Gasteiger partial charge is 0.390 e. The molecule has 5 heteroatoms. The number of aliphatic hydroxyl groups is 3. The summed E-state index contributed by atoms with van der Waals surface area (Å²) in [7, 11) is 1.54. The van der Waals surface area contributed by atoms with Crippen molar-refractivity contribution >= 4 is 0 Å². The predicted octanol–water partition coefficient (Wildman–Crippen LogP) is 0.436. The topological polar surface area (TPSA) is 79.2 Å². The van der Waals surface area contributed by atoms with Gasteiger partial charge in [-0.25, -0.2) is 0 Å². The molecule has 0 heterocycles. The summed E-state index contributed by atoms with van der Waals surface area (Å²) in [6, 6.07) is 0. The van der Waals surface area contributed by atoms with Crippen LogP contribution >= 0.6 is 0 Å². The molecule has 2 unspecified atom stereocenters. The van der Waals surface area contributed by atoms with Gasteiger partial charge >= 0.3 is 0 Å². The smallest absolute Gasteiger partial charge is 0.146 e. The molecule has 0 amide bonds. The highest BCUT2D eigenvalue weighted by Gasteiger charge is 2.60. The molecule has 110 valence electrons. The van der Waals surface area contributed by atoms with E-state index in [-0.39, 0.29) is 19.3 Å². The lowest BCUT2D eigenvalue weighted by molar-refractivity contribution is -0.163. The van der Waals surface area contributed by atoms with Crippen molar-refractivity contribution in [1.82, 2.24) is 0 Å². The van der Waals surface area contributed by atoms with E-state index in [4.69, 9.17) is 9.47 Å². The van der Waals surface area contributed by atoms with Gasteiger partial charge in [-0.05, 0) is 18.8 Å². The van der Waals surface area contributed by atoms with Crippen molar-refractivity contribution in [3.8, 4) is 0 Å². The van der Waals surface area contributed by atoms with Gasteiger partial charge in [-0.15, -0.1) is 0 Å². The Morgan fingerprint density at radius 1 is 1.42 bits per heavy atom. The summed E-state index contributed by atoms with van der Waals surface area (Å²) in [6.07, 6.45) is 1.08. The van der Waals surface area contributed by atoms with Crippen molar-refractivity contribution in [3.63, 3.8) is 0 Å². The first-order valence-corrected chi connectivity index (χ1v) is 6.71. The zero-order valence-electron chi connectivity index (χ0n) is 11.8. The third-order valence-electron chi connectivity index (χ3n) is 4.91. The van der Waals surface area contributed by atoms with Crippen molar-refractivity contribution in [2.45, 2.75) is 44.5 Å². The molecule has 2 aliphatic rings. The van der Waals surface area contributed by atoms with Gasteiger partial charge in [-0.2, -0.15) is 0 Å². The average Bonchev–Trinajstić information content (AvgIpc) is 2.52. The Bertz CT molecular complexity index is 369. The normalized spacial score (nSPS) is 46.0. The van der Waals surface area contributed by atoms with Crippen LogP contribution in [0.2, 0.25) is 0 Å². The molecule has 19 heavy (non-hydrogen) atoms. The van der Waals surface area contributed by atoms with Gasteiger partial charge in [0, 0.05) is 12.5 Å². The fourth-order valence-corrected chi connectivity index (χ4v) is 3.54. The molecule has 1 fully saturated rings. The minimum absolute atomic E-state index is 0.0121. The Morgan fingerprint density at radius 3 is 2.74 bits per heavy atom. The minimum Gasteiger partial charge on any atom is -0.390 e. The van der Waals surface area contributed by atoms with Crippen molar-refractivity contribution < 1.29 is 24.8 Å². The van der Waals surface area contributed by atoms with Gasteiger partial charge in [0.1, 0.15) is 6.79 Å². The molecule has 5 nitrogen and oxygen atoms in total. The summed E-state index contributed by atoms with van der Waals surface area (Å²) in [5, 5.41) is 30.7. The SMILES string of the molecule is COCOC[C@]1(O)[C@H](C)CC2=CC(O)C(O)C[C@@]21C. The van der Waals surface area contributed by atoms with Crippen LogP contribution in [0.25, 0.3) is 0 Å². The van der Waals surface area contributed by atoms with E-state index in [1.807, 2.05) is 13.8 Å². The number of hydrogen-bond donors (Lipinski definition) is 3. The Hall–Kier alpha value is -0.460. The van der Waals surface area contributed by atoms with E-state index in [9.17, 15) is 15.3 Å². The van der Waals surface area contributed by atoms with Gasteiger partial charge < -0.3 is 24.8 Å². The lowest BCUT2D eigenvalue weighted by Gasteiger charge is -2.45. The Morgan fingerprint density at radius 2 is 2.11 bits per heavy atom. The number of fused-ring (bicyclic) bond motifs is 1. The first-order chi connectivity index (χ1) is 8.85. The highest BCUT2D eigenvalue weighted by molar-refractivity contribution is 5.32. The average molecular weight is 272 g/mol. The van der Waals surface area contributed by atoms with Crippen LogP contribution in [0.4, 0.5) is 0 Å². The van der Waals surface area contributed by atoms with E-state index in [1.165, 1.54) is 7.11 Å². The second-order valence-electron chi connectivity index (χ2n) is 6.07. The molecule has 0 aromatic heterocycles. The Balaban J connectivity index is 2.26. The molecule has 0 spiro atoms. The second-order valence-corrected chi connectivity index (χ2v) is 6.07. The van der Waals surface area contributed by atoms with Crippen molar-refractivity contribution in [1.29, 1.82) is 0 Å². The third kappa shape index (κ3) is 2.23. The van der Waals surface area contributed by atoms with Crippen LogP contribution in [0.5, 0.6) is 0 Å². The summed E-state index contributed by atoms with van der Waals surface area (Å²) in [5.74, 6) is 0.0121. The quantitative estimate of drug-likeness (QED) is 0.393. The van der Waals surface area contributed by atoms with Crippen LogP contribution in [-0.4, -0.2) is 53.6 Å². The fraction of sp³-hybridized carbons (Fsp3) is 0.857. The molecule has 3 N–H and O–H groups in total. The molecule has 0 radical (unpaired) electrons. The van der Waals surface area contributed by atoms with Gasteiger partial charge in [0.25, 0.3) is 0 Å². The molecule has 0 saturated heterocycles. The van der Waals surface area contributed by atoms with E-state index in [0.717, 1.165) is 5.57 Å². The lowest BCUT2D eigenvalue weighted by Crippen LogP contribution is -2.54. The molecule has 0 bridgehead atoms. The van der Waals surface area contributed by atoms with E-state index < -0.39 is 23.2 Å². The number of aliphatic hydroxyl groups excluding tert-OH is 2.